The number of hydrogen-bond donors (Lipinski definition) is 1. The van der Waals surface area contributed by atoms with Crippen LogP contribution in [0.1, 0.15) is 67.3 Å². The topological polar surface area (TPSA) is 12.0 Å². The van der Waals surface area contributed by atoms with Crippen molar-refractivity contribution in [2.24, 2.45) is 0 Å². The Labute approximate surface area is 127 Å². The molecule has 2 aromatic rings. The number of rotatable bonds is 3. The Morgan fingerprint density at radius 1 is 1.14 bits per heavy atom. The highest BCUT2D eigenvalue weighted by Crippen LogP contribution is 2.45. The minimum absolute atomic E-state index is 0.570. The van der Waals surface area contributed by atoms with Gasteiger partial charge in [-0.15, -0.1) is 0 Å². The summed E-state index contributed by atoms with van der Waals surface area (Å²) in [5.41, 5.74) is 6.40. The van der Waals surface area contributed by atoms with E-state index in [9.17, 15) is 0 Å². The van der Waals surface area contributed by atoms with Gasteiger partial charge in [-0.05, 0) is 77.6 Å². The van der Waals surface area contributed by atoms with Crippen molar-refractivity contribution < 1.29 is 0 Å². The molecule has 4 rings (SSSR count). The fourth-order valence-electron chi connectivity index (χ4n) is 4.46. The van der Waals surface area contributed by atoms with E-state index in [1.54, 1.807) is 33.0 Å². The number of fused-ring (bicyclic) bond motifs is 2. The Kier molecular flexibility index (Phi) is 3.26. The van der Waals surface area contributed by atoms with Gasteiger partial charge in [0, 0.05) is 6.04 Å². The Hall–Kier alpha value is -1.34. The molecule has 0 saturated carbocycles. The standard InChI is InChI=1S/C20H25N/c1-3-11-21-18-10-7-13(2)19-16-6-4-5-14-8-9-15(20(14)16)12-17(18)19/h4-6,12-13,18,21H,3,7-11H2,1-2H3. The van der Waals surface area contributed by atoms with Crippen molar-refractivity contribution in [3.05, 3.63) is 46.5 Å². The summed E-state index contributed by atoms with van der Waals surface area (Å²) in [5, 5.41) is 6.91. The Balaban J connectivity index is 1.92. The lowest BCUT2D eigenvalue weighted by Gasteiger charge is -2.32. The molecule has 0 fully saturated rings. The monoisotopic (exact) mass is 279 g/mol. The summed E-state index contributed by atoms with van der Waals surface area (Å²) in [7, 11) is 0. The van der Waals surface area contributed by atoms with E-state index in [0.717, 1.165) is 6.54 Å². The molecular weight excluding hydrogens is 254 g/mol. The predicted octanol–water partition coefficient (Wildman–Crippen LogP) is 4.88. The quantitative estimate of drug-likeness (QED) is 0.844. The van der Waals surface area contributed by atoms with Crippen LogP contribution in [0.2, 0.25) is 0 Å². The van der Waals surface area contributed by atoms with Crippen LogP contribution >= 0.6 is 0 Å². The average molecular weight is 279 g/mol. The van der Waals surface area contributed by atoms with Gasteiger partial charge < -0.3 is 5.32 Å². The zero-order chi connectivity index (χ0) is 14.4. The third kappa shape index (κ3) is 2.02. The highest BCUT2D eigenvalue weighted by molar-refractivity contribution is 5.94. The number of hydrogen-bond acceptors (Lipinski definition) is 1. The molecule has 0 saturated heterocycles. The molecule has 2 atom stereocenters. The number of nitrogens with one attached hydrogen (secondary N) is 1. The maximum Gasteiger partial charge on any atom is 0.0323 e. The molecule has 110 valence electrons. The van der Waals surface area contributed by atoms with Gasteiger partial charge in [-0.3, -0.25) is 0 Å². The lowest BCUT2D eigenvalue weighted by Crippen LogP contribution is -2.27. The maximum absolute atomic E-state index is 3.78. The van der Waals surface area contributed by atoms with Crippen LogP contribution in [0.4, 0.5) is 0 Å². The summed E-state index contributed by atoms with van der Waals surface area (Å²) < 4.78 is 0. The first-order valence-corrected chi connectivity index (χ1v) is 8.60. The van der Waals surface area contributed by atoms with Gasteiger partial charge in [-0.2, -0.15) is 0 Å². The fourth-order valence-corrected chi connectivity index (χ4v) is 4.46. The van der Waals surface area contributed by atoms with E-state index in [-0.39, 0.29) is 0 Å². The molecule has 2 unspecified atom stereocenters. The van der Waals surface area contributed by atoms with Gasteiger partial charge in [-0.25, -0.2) is 0 Å². The molecule has 2 aromatic carbocycles. The molecule has 0 aliphatic heterocycles. The molecule has 21 heavy (non-hydrogen) atoms. The third-order valence-corrected chi connectivity index (χ3v) is 5.46. The van der Waals surface area contributed by atoms with Crippen molar-refractivity contribution in [1.29, 1.82) is 0 Å². The summed E-state index contributed by atoms with van der Waals surface area (Å²) in [6.07, 6.45) is 6.28. The molecule has 0 heterocycles. The fraction of sp³-hybridized carbons (Fsp3) is 0.500. The second-order valence-electron chi connectivity index (χ2n) is 6.86. The Bertz CT molecular complexity index is 686. The van der Waals surface area contributed by atoms with E-state index in [0.29, 0.717) is 12.0 Å². The molecular formula is C20H25N. The predicted molar refractivity (Wildman–Crippen MR) is 90.0 cm³/mol. The van der Waals surface area contributed by atoms with Crippen LogP contribution in [0, 0.1) is 0 Å². The van der Waals surface area contributed by atoms with Crippen LogP contribution in [-0.4, -0.2) is 6.54 Å². The first-order valence-electron chi connectivity index (χ1n) is 8.60. The van der Waals surface area contributed by atoms with Crippen LogP contribution in [0.5, 0.6) is 0 Å². The van der Waals surface area contributed by atoms with Crippen molar-refractivity contribution in [1.82, 2.24) is 5.32 Å². The van der Waals surface area contributed by atoms with Crippen LogP contribution in [-0.2, 0) is 12.8 Å². The highest BCUT2D eigenvalue weighted by atomic mass is 14.9. The molecule has 2 aliphatic rings. The summed E-state index contributed by atoms with van der Waals surface area (Å²) >= 11 is 0. The smallest absolute Gasteiger partial charge is 0.0323 e. The summed E-state index contributed by atoms with van der Waals surface area (Å²) in [6, 6.07) is 10.1. The molecule has 1 heteroatoms. The number of aryl methyl sites for hydroxylation is 2. The second-order valence-corrected chi connectivity index (χ2v) is 6.86. The minimum Gasteiger partial charge on any atom is -0.310 e. The van der Waals surface area contributed by atoms with E-state index in [1.165, 1.54) is 32.1 Å². The van der Waals surface area contributed by atoms with Crippen LogP contribution in [0.25, 0.3) is 10.8 Å². The zero-order valence-corrected chi connectivity index (χ0v) is 13.2. The highest BCUT2D eigenvalue weighted by Gasteiger charge is 2.29. The van der Waals surface area contributed by atoms with Gasteiger partial charge in [0.05, 0.1) is 0 Å². The van der Waals surface area contributed by atoms with E-state index in [1.807, 2.05) is 0 Å². The third-order valence-electron chi connectivity index (χ3n) is 5.46. The average Bonchev–Trinajstić information content (AvgIpc) is 2.91. The van der Waals surface area contributed by atoms with Gasteiger partial charge in [0.1, 0.15) is 0 Å². The molecule has 1 N–H and O–H groups in total. The van der Waals surface area contributed by atoms with Crippen molar-refractivity contribution in [3.63, 3.8) is 0 Å². The lowest BCUT2D eigenvalue weighted by atomic mass is 9.77. The van der Waals surface area contributed by atoms with Crippen LogP contribution in [0.15, 0.2) is 24.3 Å². The van der Waals surface area contributed by atoms with Gasteiger partial charge in [0.25, 0.3) is 0 Å². The van der Waals surface area contributed by atoms with E-state index >= 15 is 0 Å². The molecule has 0 aromatic heterocycles. The normalized spacial score (nSPS) is 23.5. The van der Waals surface area contributed by atoms with Crippen LogP contribution in [0.3, 0.4) is 0 Å². The Morgan fingerprint density at radius 3 is 2.86 bits per heavy atom. The molecule has 0 radical (unpaired) electrons. The van der Waals surface area contributed by atoms with Crippen molar-refractivity contribution >= 4 is 10.8 Å². The molecule has 0 bridgehead atoms. The first-order chi connectivity index (χ1) is 10.3. The van der Waals surface area contributed by atoms with E-state index in [4.69, 9.17) is 0 Å². The second kappa shape index (κ2) is 5.14. The van der Waals surface area contributed by atoms with Gasteiger partial charge in [0.2, 0.25) is 0 Å². The molecule has 0 spiro atoms. The molecule has 2 aliphatic carbocycles. The maximum atomic E-state index is 3.78. The number of benzene rings is 2. The largest absolute Gasteiger partial charge is 0.310 e. The molecule has 1 nitrogen and oxygen atoms in total. The zero-order valence-electron chi connectivity index (χ0n) is 13.2. The summed E-state index contributed by atoms with van der Waals surface area (Å²) in [5.74, 6) is 0.699. The van der Waals surface area contributed by atoms with Crippen molar-refractivity contribution in [2.75, 3.05) is 6.54 Å². The van der Waals surface area contributed by atoms with E-state index in [2.05, 4.69) is 43.4 Å². The SMILES string of the molecule is CCCNC1CCC(C)c2c1cc1c3c(cccc23)CC1. The van der Waals surface area contributed by atoms with Crippen molar-refractivity contribution in [2.45, 2.75) is 57.9 Å². The minimum atomic E-state index is 0.570. The van der Waals surface area contributed by atoms with Gasteiger partial charge in [-0.1, -0.05) is 38.1 Å². The summed E-state index contributed by atoms with van der Waals surface area (Å²) in [6.45, 7) is 5.80. The molecule has 0 amide bonds. The van der Waals surface area contributed by atoms with Gasteiger partial charge in [0.15, 0.2) is 0 Å². The van der Waals surface area contributed by atoms with Crippen molar-refractivity contribution in [3.8, 4) is 0 Å². The van der Waals surface area contributed by atoms with Gasteiger partial charge >= 0.3 is 0 Å². The van der Waals surface area contributed by atoms with Crippen LogP contribution < -0.4 is 5.32 Å². The van der Waals surface area contributed by atoms with E-state index < -0.39 is 0 Å². The Morgan fingerprint density at radius 2 is 2.00 bits per heavy atom. The lowest BCUT2D eigenvalue weighted by molar-refractivity contribution is 0.434. The summed E-state index contributed by atoms with van der Waals surface area (Å²) in [4.78, 5) is 0. The first kappa shape index (κ1) is 13.3.